The molecule has 1 aromatic carbocycles. The molecule has 2 fully saturated rings. The molecule has 0 aliphatic carbocycles. The topological polar surface area (TPSA) is 78.5 Å². The number of nitrogens with one attached hydrogen (secondary N) is 2. The van der Waals surface area contributed by atoms with E-state index in [0.717, 1.165) is 0 Å². The number of fused-ring (bicyclic) bond motifs is 4. The molecule has 5 atom stereocenters. The van der Waals surface area contributed by atoms with Gasteiger partial charge in [0.25, 0.3) is 0 Å². The molecule has 1 spiro atoms. The maximum absolute atomic E-state index is 13.5. The third-order valence-corrected chi connectivity index (χ3v) is 6.81. The number of amides is 3. The highest BCUT2D eigenvalue weighted by atomic mass is 35.5. The second-order valence-corrected chi connectivity index (χ2v) is 9.02. The number of rotatable bonds is 4. The molecular weight excluding hydrogens is 378 g/mol. The molecule has 0 unspecified atom stereocenters. The lowest BCUT2D eigenvalue weighted by Crippen LogP contribution is -2.54. The van der Waals surface area contributed by atoms with Crippen molar-refractivity contribution in [2.24, 2.45) is 17.8 Å². The van der Waals surface area contributed by atoms with Gasteiger partial charge in [-0.15, -0.1) is 0 Å². The quantitative estimate of drug-likeness (QED) is 0.757. The zero-order valence-electron chi connectivity index (χ0n) is 16.6. The minimum Gasteiger partial charge on any atom is -0.323 e. The Morgan fingerprint density at radius 3 is 2.54 bits per heavy atom. The fourth-order valence-corrected chi connectivity index (χ4v) is 5.36. The highest BCUT2D eigenvalue weighted by Crippen LogP contribution is 2.55. The van der Waals surface area contributed by atoms with E-state index in [2.05, 4.69) is 24.5 Å². The molecular formula is C21H26ClN3O3. The van der Waals surface area contributed by atoms with Crippen LogP contribution in [0.5, 0.6) is 0 Å². The predicted molar refractivity (Wildman–Crippen MR) is 107 cm³/mol. The summed E-state index contributed by atoms with van der Waals surface area (Å²) in [5, 5.41) is 6.73. The van der Waals surface area contributed by atoms with Gasteiger partial charge in [0.2, 0.25) is 17.7 Å². The van der Waals surface area contributed by atoms with Crippen molar-refractivity contribution in [3.8, 4) is 0 Å². The number of likely N-dealkylation sites (tertiary alicyclic amines) is 1. The molecule has 0 radical (unpaired) electrons. The summed E-state index contributed by atoms with van der Waals surface area (Å²) in [6, 6.07) is 4.88. The molecule has 0 aromatic heterocycles. The van der Waals surface area contributed by atoms with Gasteiger partial charge in [-0.1, -0.05) is 44.5 Å². The molecule has 150 valence electrons. The first-order chi connectivity index (χ1) is 13.2. The van der Waals surface area contributed by atoms with Gasteiger partial charge in [-0.3, -0.25) is 24.6 Å². The number of imide groups is 1. The Bertz CT molecular complexity index is 870. The summed E-state index contributed by atoms with van der Waals surface area (Å²) in [5.74, 6) is -1.70. The van der Waals surface area contributed by atoms with Crippen molar-refractivity contribution in [3.05, 3.63) is 28.8 Å². The minimum absolute atomic E-state index is 0.164. The monoisotopic (exact) mass is 403 g/mol. The molecule has 2 N–H and O–H groups in total. The second kappa shape index (κ2) is 6.56. The average Bonchev–Trinajstić information content (AvgIpc) is 3.21. The predicted octanol–water partition coefficient (Wildman–Crippen LogP) is 2.91. The van der Waals surface area contributed by atoms with E-state index in [1.54, 1.807) is 12.1 Å². The molecule has 4 rings (SSSR count). The highest BCUT2D eigenvalue weighted by molar-refractivity contribution is 6.35. The van der Waals surface area contributed by atoms with Gasteiger partial charge in [0.1, 0.15) is 5.54 Å². The minimum atomic E-state index is -1.25. The Balaban J connectivity index is 1.89. The lowest BCUT2D eigenvalue weighted by molar-refractivity contribution is -0.145. The highest BCUT2D eigenvalue weighted by Gasteiger charge is 2.70. The number of nitrogens with zero attached hydrogens (tertiary/aromatic N) is 1. The first-order valence-electron chi connectivity index (χ1n) is 9.99. The summed E-state index contributed by atoms with van der Waals surface area (Å²) in [5.41, 5.74) is -0.0503. The van der Waals surface area contributed by atoms with E-state index in [1.807, 2.05) is 19.9 Å². The fourth-order valence-electron chi connectivity index (χ4n) is 5.14. The third kappa shape index (κ3) is 2.40. The zero-order chi connectivity index (χ0) is 20.4. The normalized spacial score (nSPS) is 32.3. The van der Waals surface area contributed by atoms with Crippen molar-refractivity contribution in [2.75, 3.05) is 5.32 Å². The van der Waals surface area contributed by atoms with E-state index in [4.69, 9.17) is 11.6 Å². The molecule has 28 heavy (non-hydrogen) atoms. The number of halogens is 1. The summed E-state index contributed by atoms with van der Waals surface area (Å²) in [6.45, 7) is 7.99. The number of hydrogen-bond acceptors (Lipinski definition) is 4. The van der Waals surface area contributed by atoms with Crippen LogP contribution < -0.4 is 10.6 Å². The molecule has 6 nitrogen and oxygen atoms in total. The largest absolute Gasteiger partial charge is 0.323 e. The Kier molecular flexibility index (Phi) is 4.55. The number of carbonyl (C=O) groups is 3. The van der Waals surface area contributed by atoms with Gasteiger partial charge in [-0.05, 0) is 31.7 Å². The van der Waals surface area contributed by atoms with Gasteiger partial charge in [-0.25, -0.2) is 0 Å². The van der Waals surface area contributed by atoms with Crippen molar-refractivity contribution < 1.29 is 14.4 Å². The van der Waals surface area contributed by atoms with Gasteiger partial charge >= 0.3 is 0 Å². The lowest BCUT2D eigenvalue weighted by Gasteiger charge is -2.31. The molecule has 3 aliphatic rings. The van der Waals surface area contributed by atoms with Crippen LogP contribution in [0, 0.1) is 17.8 Å². The second-order valence-electron chi connectivity index (χ2n) is 8.61. The van der Waals surface area contributed by atoms with Crippen molar-refractivity contribution >= 4 is 35.0 Å². The van der Waals surface area contributed by atoms with Crippen molar-refractivity contribution in [2.45, 2.75) is 58.2 Å². The van der Waals surface area contributed by atoms with Crippen LogP contribution in [0.25, 0.3) is 0 Å². The van der Waals surface area contributed by atoms with E-state index in [0.29, 0.717) is 35.0 Å². The molecule has 0 bridgehead atoms. The van der Waals surface area contributed by atoms with Crippen LogP contribution in [0.3, 0.4) is 0 Å². The third-order valence-electron chi connectivity index (χ3n) is 6.49. The summed E-state index contributed by atoms with van der Waals surface area (Å²) in [6.07, 6.45) is 1.39. The van der Waals surface area contributed by atoms with Crippen LogP contribution >= 0.6 is 11.6 Å². The van der Waals surface area contributed by atoms with Crippen molar-refractivity contribution in [1.29, 1.82) is 0 Å². The number of hydrogen-bond donors (Lipinski definition) is 2. The van der Waals surface area contributed by atoms with E-state index >= 15 is 0 Å². The van der Waals surface area contributed by atoms with Gasteiger partial charge in [0.15, 0.2) is 0 Å². The van der Waals surface area contributed by atoms with Gasteiger partial charge in [0.05, 0.1) is 22.5 Å². The number of para-hydroxylation sites is 1. The molecule has 2 saturated heterocycles. The van der Waals surface area contributed by atoms with Gasteiger partial charge in [0, 0.05) is 17.6 Å². The van der Waals surface area contributed by atoms with E-state index < -0.39 is 17.4 Å². The van der Waals surface area contributed by atoms with Crippen LogP contribution in [0.2, 0.25) is 5.02 Å². The maximum Gasteiger partial charge on any atom is 0.250 e. The van der Waals surface area contributed by atoms with Gasteiger partial charge < -0.3 is 5.32 Å². The zero-order valence-corrected chi connectivity index (χ0v) is 17.3. The molecule has 0 saturated carbocycles. The summed E-state index contributed by atoms with van der Waals surface area (Å²) in [7, 11) is 0. The van der Waals surface area contributed by atoms with Gasteiger partial charge in [-0.2, -0.15) is 0 Å². The lowest BCUT2D eigenvalue weighted by atomic mass is 9.76. The maximum atomic E-state index is 13.5. The Morgan fingerprint density at radius 2 is 1.89 bits per heavy atom. The van der Waals surface area contributed by atoms with Crippen molar-refractivity contribution in [1.82, 2.24) is 10.2 Å². The first-order valence-corrected chi connectivity index (χ1v) is 10.4. The van der Waals surface area contributed by atoms with Crippen LogP contribution in [0.1, 0.15) is 46.1 Å². The Hall–Kier alpha value is -1.92. The fraction of sp³-hybridized carbons (Fsp3) is 0.571. The summed E-state index contributed by atoms with van der Waals surface area (Å²) >= 11 is 6.32. The molecule has 3 amide bonds. The number of anilines is 1. The average molecular weight is 404 g/mol. The summed E-state index contributed by atoms with van der Waals surface area (Å²) < 4.78 is 0. The van der Waals surface area contributed by atoms with Crippen LogP contribution in [0.15, 0.2) is 18.2 Å². The Labute approximate surface area is 170 Å². The standard InChI is InChI=1S/C21H26ClN3O3/c1-5-11(4)25-18(26)15-14(9-10(2)3)24-21(16(15)19(25)27)12-7-6-8-13(22)17(12)23-20(21)28/h6-8,10-11,14-16,24H,5,9H2,1-4H3,(H,23,28)/t11-,14+,15+,16+,21-/m1/s1. The van der Waals surface area contributed by atoms with Crippen LogP contribution in [-0.4, -0.2) is 34.7 Å². The first kappa shape index (κ1) is 19.4. The summed E-state index contributed by atoms with van der Waals surface area (Å²) in [4.78, 5) is 41.5. The number of carbonyl (C=O) groups excluding carboxylic acids is 3. The van der Waals surface area contributed by atoms with E-state index in [9.17, 15) is 14.4 Å². The SMILES string of the molecule is CC[C@@H](C)N1C(=O)[C@H]2[C@H](CC(C)C)N[C@@]3(C(=O)Nc4c(Cl)cccc43)[C@@H]2C1=O. The van der Waals surface area contributed by atoms with E-state index in [-0.39, 0.29) is 29.8 Å². The Morgan fingerprint density at radius 1 is 1.18 bits per heavy atom. The van der Waals surface area contributed by atoms with Crippen LogP contribution in [-0.2, 0) is 19.9 Å². The van der Waals surface area contributed by atoms with Crippen LogP contribution in [0.4, 0.5) is 5.69 Å². The molecule has 7 heteroatoms. The van der Waals surface area contributed by atoms with E-state index in [1.165, 1.54) is 4.90 Å². The molecule has 3 heterocycles. The molecule has 1 aromatic rings. The van der Waals surface area contributed by atoms with Crippen molar-refractivity contribution in [3.63, 3.8) is 0 Å². The smallest absolute Gasteiger partial charge is 0.250 e. The number of benzene rings is 1. The molecule has 3 aliphatic heterocycles.